The van der Waals surface area contributed by atoms with Crippen molar-refractivity contribution in [1.82, 2.24) is 0 Å². The minimum atomic E-state index is -0.625. The van der Waals surface area contributed by atoms with E-state index in [9.17, 15) is 10.2 Å². The van der Waals surface area contributed by atoms with Gasteiger partial charge < -0.3 is 14.9 Å². The minimum Gasteiger partial charge on any atom is -0.393 e. The first-order valence-electron chi connectivity index (χ1n) is 13.1. The Kier molecular flexibility index (Phi) is 7.97. The van der Waals surface area contributed by atoms with Gasteiger partial charge in [0.25, 0.3) is 0 Å². The number of rotatable bonds is 7. The lowest BCUT2D eigenvalue weighted by atomic mass is 9.61. The van der Waals surface area contributed by atoms with E-state index in [4.69, 9.17) is 4.74 Å². The summed E-state index contributed by atoms with van der Waals surface area (Å²) in [5, 5.41) is 20.3. The zero-order valence-electron chi connectivity index (χ0n) is 21.0. The molecule has 1 aromatic carbocycles. The van der Waals surface area contributed by atoms with Crippen molar-refractivity contribution in [3.05, 3.63) is 77.9 Å². The second kappa shape index (κ2) is 10.8. The van der Waals surface area contributed by atoms with Crippen LogP contribution in [0.2, 0.25) is 0 Å². The molecule has 3 aliphatic carbocycles. The molecule has 3 heteroatoms. The van der Waals surface area contributed by atoms with Gasteiger partial charge in [-0.3, -0.25) is 0 Å². The molecule has 6 atom stereocenters. The minimum absolute atomic E-state index is 0.310. The first-order chi connectivity index (χ1) is 16.3. The summed E-state index contributed by atoms with van der Waals surface area (Å²) in [7, 11) is 0. The maximum absolute atomic E-state index is 10.2. The zero-order chi connectivity index (χ0) is 24.3. The van der Waals surface area contributed by atoms with Crippen LogP contribution in [0.15, 0.2) is 72.4 Å². The first-order valence-corrected chi connectivity index (χ1v) is 13.1. The molecule has 0 bridgehead atoms. The van der Waals surface area contributed by atoms with Gasteiger partial charge in [-0.25, -0.2) is 0 Å². The molecule has 0 aromatic heterocycles. The van der Waals surface area contributed by atoms with Crippen molar-refractivity contribution in [3.8, 4) is 0 Å². The van der Waals surface area contributed by atoms with Gasteiger partial charge in [0.15, 0.2) is 0 Å². The van der Waals surface area contributed by atoms with Crippen molar-refractivity contribution in [1.29, 1.82) is 0 Å². The summed E-state index contributed by atoms with van der Waals surface area (Å²) in [4.78, 5) is 0. The molecule has 0 heterocycles. The van der Waals surface area contributed by atoms with Crippen molar-refractivity contribution in [3.63, 3.8) is 0 Å². The quantitative estimate of drug-likeness (QED) is 0.487. The average molecular weight is 463 g/mol. The van der Waals surface area contributed by atoms with Crippen LogP contribution in [-0.4, -0.2) is 35.6 Å². The lowest BCUT2D eigenvalue weighted by Crippen LogP contribution is -2.37. The smallest absolute Gasteiger partial charge is 0.0811 e. The Bertz CT molecular complexity index is 943. The number of ether oxygens (including phenoxy) is 1. The molecular weight excluding hydrogens is 420 g/mol. The summed E-state index contributed by atoms with van der Waals surface area (Å²) in [5.74, 6) is 1.78. The maximum atomic E-state index is 10.2. The Labute approximate surface area is 205 Å². The number of benzene rings is 1. The molecule has 0 spiro atoms. The molecule has 3 nitrogen and oxygen atoms in total. The molecule has 3 fully saturated rings. The van der Waals surface area contributed by atoms with Crippen LogP contribution in [0.25, 0.3) is 5.57 Å². The Morgan fingerprint density at radius 3 is 2.74 bits per heavy atom. The standard InChI is InChI=1S/C31H42O3/c1-21(24-9-6-5-7-10-24)19-34-20-22(2)28-14-15-29-25(11-8-16-31(28,29)4)12-13-26-17-27(32)18-30(33)23(26)3/h5-7,9-10,12-13,22,27-30,32-33H,1,3,8,11,14-20H2,2,4H3/t22-,27-,28-,29+,30+,31-/m1/s1. The fourth-order valence-corrected chi connectivity index (χ4v) is 6.92. The van der Waals surface area contributed by atoms with Crippen LogP contribution in [-0.2, 0) is 4.74 Å². The van der Waals surface area contributed by atoms with Crippen LogP contribution >= 0.6 is 0 Å². The molecule has 0 saturated heterocycles. The first kappa shape index (κ1) is 25.2. The van der Waals surface area contributed by atoms with E-state index in [0.717, 1.165) is 35.3 Å². The van der Waals surface area contributed by atoms with Crippen LogP contribution in [0.3, 0.4) is 0 Å². The third-order valence-corrected chi connectivity index (χ3v) is 8.83. The molecule has 0 amide bonds. The lowest BCUT2D eigenvalue weighted by Gasteiger charge is -2.44. The zero-order valence-corrected chi connectivity index (χ0v) is 21.0. The SMILES string of the molecule is C=C(COC[C@@H](C)[C@H]1CC[C@H]2C(=CC=C3C[C@@H](O)C[C@H](O)C3=C)CCC[C@]12C)c1ccccc1. The van der Waals surface area contributed by atoms with Gasteiger partial charge in [0.2, 0.25) is 0 Å². The second-order valence-electron chi connectivity index (χ2n) is 11.1. The van der Waals surface area contributed by atoms with Gasteiger partial charge in [0, 0.05) is 13.0 Å². The van der Waals surface area contributed by atoms with Crippen molar-refractivity contribution < 1.29 is 14.9 Å². The molecule has 2 N–H and O–H groups in total. The summed E-state index contributed by atoms with van der Waals surface area (Å²) < 4.78 is 6.15. The summed E-state index contributed by atoms with van der Waals surface area (Å²) >= 11 is 0. The van der Waals surface area contributed by atoms with E-state index >= 15 is 0 Å². The summed E-state index contributed by atoms with van der Waals surface area (Å²) in [6.07, 6.45) is 10.5. The number of aliphatic hydroxyl groups is 2. The molecule has 0 radical (unpaired) electrons. The van der Waals surface area contributed by atoms with Gasteiger partial charge in [0.05, 0.1) is 18.8 Å². The predicted octanol–water partition coefficient (Wildman–Crippen LogP) is 6.49. The van der Waals surface area contributed by atoms with Crippen LogP contribution in [0.5, 0.6) is 0 Å². The topological polar surface area (TPSA) is 49.7 Å². The van der Waals surface area contributed by atoms with E-state index in [2.05, 4.69) is 51.3 Å². The average Bonchev–Trinajstić information content (AvgIpc) is 3.18. The van der Waals surface area contributed by atoms with E-state index in [-0.39, 0.29) is 0 Å². The number of hydrogen-bond donors (Lipinski definition) is 2. The molecule has 1 aromatic rings. The number of aliphatic hydroxyl groups excluding tert-OH is 2. The molecule has 34 heavy (non-hydrogen) atoms. The third kappa shape index (κ3) is 5.32. The van der Waals surface area contributed by atoms with Gasteiger partial charge in [-0.15, -0.1) is 0 Å². The fourth-order valence-electron chi connectivity index (χ4n) is 6.92. The third-order valence-electron chi connectivity index (χ3n) is 8.83. The van der Waals surface area contributed by atoms with Crippen LogP contribution in [0, 0.1) is 23.2 Å². The fraction of sp³-hybridized carbons (Fsp3) is 0.548. The van der Waals surface area contributed by atoms with Crippen molar-refractivity contribution in [2.75, 3.05) is 13.2 Å². The molecule has 4 rings (SSSR count). The van der Waals surface area contributed by atoms with Crippen molar-refractivity contribution >= 4 is 5.57 Å². The van der Waals surface area contributed by atoms with Gasteiger partial charge in [-0.2, -0.15) is 0 Å². The number of hydrogen-bond acceptors (Lipinski definition) is 3. The molecule has 3 saturated carbocycles. The van der Waals surface area contributed by atoms with Gasteiger partial charge in [0.1, 0.15) is 0 Å². The van der Waals surface area contributed by atoms with Crippen LogP contribution in [0.4, 0.5) is 0 Å². The second-order valence-corrected chi connectivity index (χ2v) is 11.1. The van der Waals surface area contributed by atoms with E-state index in [1.807, 2.05) is 18.2 Å². The van der Waals surface area contributed by atoms with E-state index < -0.39 is 12.2 Å². The molecule has 0 unspecified atom stereocenters. The molecular formula is C31H42O3. The molecule has 184 valence electrons. The highest BCUT2D eigenvalue weighted by molar-refractivity contribution is 5.63. The molecule has 3 aliphatic rings. The monoisotopic (exact) mass is 462 g/mol. The Morgan fingerprint density at radius 1 is 1.21 bits per heavy atom. The lowest BCUT2D eigenvalue weighted by molar-refractivity contribution is 0.0445. The summed E-state index contributed by atoms with van der Waals surface area (Å²) in [6.45, 7) is 14.5. The van der Waals surface area contributed by atoms with Crippen LogP contribution < -0.4 is 0 Å². The Hall–Kier alpha value is -1.94. The van der Waals surface area contributed by atoms with Crippen LogP contribution in [0.1, 0.15) is 64.4 Å². The number of allylic oxidation sites excluding steroid dienone is 3. The molecule has 0 aliphatic heterocycles. The summed E-state index contributed by atoms with van der Waals surface area (Å²) in [6, 6.07) is 10.3. The van der Waals surface area contributed by atoms with E-state index in [1.165, 1.54) is 31.3 Å². The maximum Gasteiger partial charge on any atom is 0.0811 e. The van der Waals surface area contributed by atoms with E-state index in [1.54, 1.807) is 0 Å². The van der Waals surface area contributed by atoms with Crippen molar-refractivity contribution in [2.45, 2.75) is 71.0 Å². The summed E-state index contributed by atoms with van der Waals surface area (Å²) in [5.41, 5.74) is 5.81. The van der Waals surface area contributed by atoms with Gasteiger partial charge >= 0.3 is 0 Å². The van der Waals surface area contributed by atoms with Gasteiger partial charge in [-0.05, 0) is 84.0 Å². The number of fused-ring (bicyclic) bond motifs is 1. The highest BCUT2D eigenvalue weighted by Gasteiger charge is 2.50. The normalized spacial score (nSPS) is 34.9. The highest BCUT2D eigenvalue weighted by Crippen LogP contribution is 2.59. The largest absolute Gasteiger partial charge is 0.393 e. The predicted molar refractivity (Wildman–Crippen MR) is 140 cm³/mol. The Morgan fingerprint density at radius 2 is 1.97 bits per heavy atom. The van der Waals surface area contributed by atoms with Crippen molar-refractivity contribution in [2.24, 2.45) is 23.2 Å². The van der Waals surface area contributed by atoms with E-state index in [0.29, 0.717) is 42.6 Å². The highest BCUT2D eigenvalue weighted by atomic mass is 16.5. The Balaban J connectivity index is 1.39. The van der Waals surface area contributed by atoms with Gasteiger partial charge in [-0.1, -0.05) is 75.1 Å².